The van der Waals surface area contributed by atoms with Crippen molar-refractivity contribution in [1.82, 2.24) is 0 Å². The Morgan fingerprint density at radius 3 is 2.06 bits per heavy atom. The van der Waals surface area contributed by atoms with Crippen LogP contribution in [-0.4, -0.2) is 107 Å². The van der Waals surface area contributed by atoms with Crippen molar-refractivity contribution in [1.29, 1.82) is 0 Å². The summed E-state index contributed by atoms with van der Waals surface area (Å²) in [4.78, 5) is 11.1. The van der Waals surface area contributed by atoms with E-state index in [4.69, 9.17) is 18.9 Å². The van der Waals surface area contributed by atoms with Crippen molar-refractivity contribution in [2.24, 2.45) is 0 Å². The average Bonchev–Trinajstić information content (AvgIpc) is 2.64. The molecule has 0 unspecified atom stereocenters. The van der Waals surface area contributed by atoms with E-state index in [2.05, 4.69) is 4.18 Å². The van der Waals surface area contributed by atoms with Crippen LogP contribution in [0.2, 0.25) is 0 Å². The first-order chi connectivity index (χ1) is 13.9. The summed E-state index contributed by atoms with van der Waals surface area (Å²) < 4.78 is 58.3. The van der Waals surface area contributed by atoms with Crippen LogP contribution >= 0.6 is 0 Å². The second-order valence-corrected chi connectivity index (χ2v) is 7.87. The Kier molecular flexibility index (Phi) is 14.4. The Balaban J connectivity index is 0.00000480. The molecule has 14 nitrogen and oxygen atoms in total. The average molecular weight is 506 g/mol. The van der Waals surface area contributed by atoms with Gasteiger partial charge in [-0.05, 0) is 13.3 Å². The van der Waals surface area contributed by atoms with Crippen LogP contribution in [0, 0.1) is 0 Å². The number of hydrogen-bond acceptors (Lipinski definition) is 14. The molecule has 2 aliphatic heterocycles. The number of hydrogen-bond donors (Lipinski definition) is 4. The minimum absolute atomic E-state index is 0. The number of aliphatic carboxylic acids is 1. The molecule has 0 aromatic heterocycles. The van der Waals surface area contributed by atoms with Crippen molar-refractivity contribution in [3.63, 3.8) is 0 Å². The van der Waals surface area contributed by atoms with E-state index in [1.165, 1.54) is 6.92 Å². The number of rotatable bonds is 8. The van der Waals surface area contributed by atoms with Gasteiger partial charge in [-0.15, -0.1) is 0 Å². The van der Waals surface area contributed by atoms with Crippen LogP contribution in [0.1, 0.15) is 20.3 Å². The van der Waals surface area contributed by atoms with Gasteiger partial charge in [0.05, 0.1) is 12.1 Å². The van der Waals surface area contributed by atoms with Gasteiger partial charge in [0, 0.05) is 6.61 Å². The van der Waals surface area contributed by atoms with Crippen LogP contribution < -0.4 is 64.2 Å². The van der Waals surface area contributed by atoms with Crippen molar-refractivity contribution in [2.45, 2.75) is 81.7 Å². The number of carbonyl (C=O) groups excluding carboxylic acids is 1. The summed E-state index contributed by atoms with van der Waals surface area (Å²) in [6.07, 6.45) is -17.3. The van der Waals surface area contributed by atoms with E-state index in [1.54, 1.807) is 6.92 Å². The summed E-state index contributed by atoms with van der Waals surface area (Å²) in [6, 6.07) is 0. The Bertz CT molecular complexity index is 696. The van der Waals surface area contributed by atoms with Crippen molar-refractivity contribution < 1.29 is 126 Å². The molecule has 0 aromatic carbocycles. The molecule has 0 aliphatic carbocycles. The maximum absolute atomic E-state index is 11.1. The summed E-state index contributed by atoms with van der Waals surface area (Å²) in [5.74, 6) is -1.91. The van der Waals surface area contributed by atoms with E-state index >= 15 is 0 Å². The third-order valence-electron chi connectivity index (χ3n) is 4.56. The van der Waals surface area contributed by atoms with Crippen molar-refractivity contribution in [3.8, 4) is 0 Å². The molecule has 2 heterocycles. The van der Waals surface area contributed by atoms with Gasteiger partial charge in [-0.2, -0.15) is 0 Å². The quantitative estimate of drug-likeness (QED) is 0.136. The van der Waals surface area contributed by atoms with Crippen LogP contribution in [0.15, 0.2) is 0 Å². The van der Waals surface area contributed by atoms with Crippen LogP contribution in [-0.2, 0) is 38.3 Å². The second kappa shape index (κ2) is 13.9. The molecule has 17 heteroatoms. The molecule has 0 amide bonds. The predicted molar refractivity (Wildman–Crippen MR) is 87.7 cm³/mol. The zero-order valence-corrected chi connectivity index (χ0v) is 22.8. The molecule has 0 aromatic rings. The van der Waals surface area contributed by atoms with Gasteiger partial charge in [0.15, 0.2) is 12.6 Å². The Hall–Kier alpha value is 1.02. The van der Waals surface area contributed by atoms with Gasteiger partial charge in [-0.1, -0.05) is 6.92 Å². The summed E-state index contributed by atoms with van der Waals surface area (Å²) in [5, 5.41) is 51.3. The van der Waals surface area contributed by atoms with Gasteiger partial charge in [-0.25, -0.2) is 8.42 Å². The number of carbonyl (C=O) groups is 1. The minimum atomic E-state index is -5.25. The Morgan fingerprint density at radius 1 is 0.969 bits per heavy atom. The maximum atomic E-state index is 11.1. The Morgan fingerprint density at radius 2 is 1.56 bits per heavy atom. The summed E-state index contributed by atoms with van der Waals surface area (Å²) in [6.45, 7) is 3.16. The number of carboxylic acid groups (broad SMARTS) is 1. The number of ether oxygens (including phenoxy) is 4. The van der Waals surface area contributed by atoms with E-state index < -0.39 is 77.8 Å². The fourth-order valence-electron chi connectivity index (χ4n) is 3.09. The van der Waals surface area contributed by atoms with Gasteiger partial charge in [-0.3, -0.25) is 4.18 Å². The van der Waals surface area contributed by atoms with Crippen molar-refractivity contribution in [2.75, 3.05) is 6.61 Å². The normalized spacial score (nSPS) is 40.1. The smallest absolute Gasteiger partial charge is 0.726 e. The second-order valence-electron chi connectivity index (χ2n) is 6.86. The molecule has 0 bridgehead atoms. The number of aliphatic hydroxyl groups is 4. The molecule has 10 atom stereocenters. The molecule has 0 spiro atoms. The van der Waals surface area contributed by atoms with Gasteiger partial charge in [0.1, 0.15) is 42.7 Å². The molecular weight excluding hydrogens is 482 g/mol. The zero-order chi connectivity index (χ0) is 22.8. The standard InChI is InChI=1S/C15H26O14S.2Na/c1-3-4-25-15-12(9(19)10(5(2)26-15)29-30(22,23)24)28-14-8(18)6(16)7(17)11(27-14)13(20)21;;/h5-12,14-19H,3-4H2,1-2H3,(H,20,21)(H,22,23,24);;/q;2*+1/p-2/t5-,6-,7-,8+,9+,10+,11-,12-,14+,15+;;/m0../s1. The van der Waals surface area contributed by atoms with Crippen LogP contribution in [0.3, 0.4) is 0 Å². The first-order valence-electron chi connectivity index (χ1n) is 9.02. The molecule has 0 radical (unpaired) electrons. The van der Waals surface area contributed by atoms with Crippen molar-refractivity contribution in [3.05, 3.63) is 0 Å². The fourth-order valence-corrected chi connectivity index (χ4v) is 3.63. The van der Waals surface area contributed by atoms with E-state index in [-0.39, 0.29) is 65.7 Å². The van der Waals surface area contributed by atoms with Crippen LogP contribution in [0.5, 0.6) is 0 Å². The largest absolute Gasteiger partial charge is 1.00 e. The van der Waals surface area contributed by atoms with E-state index in [0.717, 1.165) is 0 Å². The molecule has 176 valence electrons. The summed E-state index contributed by atoms with van der Waals surface area (Å²) in [5.41, 5.74) is 0. The van der Waals surface area contributed by atoms with Gasteiger partial charge < -0.3 is 53.8 Å². The van der Waals surface area contributed by atoms with Crippen LogP contribution in [0.4, 0.5) is 0 Å². The van der Waals surface area contributed by atoms with E-state index in [1.807, 2.05) is 0 Å². The summed E-state index contributed by atoms with van der Waals surface area (Å²) >= 11 is 0. The zero-order valence-electron chi connectivity index (χ0n) is 18.0. The van der Waals surface area contributed by atoms with E-state index in [9.17, 15) is 43.3 Å². The maximum Gasteiger partial charge on any atom is 1.00 e. The van der Waals surface area contributed by atoms with Gasteiger partial charge in [0.2, 0.25) is 10.4 Å². The molecule has 2 fully saturated rings. The third-order valence-corrected chi connectivity index (χ3v) is 5.02. The van der Waals surface area contributed by atoms with Gasteiger partial charge >= 0.3 is 59.1 Å². The minimum Gasteiger partial charge on any atom is -0.726 e. The first kappa shape index (κ1) is 33.0. The fraction of sp³-hybridized carbons (Fsp3) is 0.933. The molecular formula is C15H24Na2O14S. The number of carboxylic acids is 1. The monoisotopic (exact) mass is 506 g/mol. The number of aliphatic hydroxyl groups excluding tert-OH is 4. The van der Waals surface area contributed by atoms with E-state index in [0.29, 0.717) is 6.42 Å². The summed E-state index contributed by atoms with van der Waals surface area (Å²) in [7, 11) is -5.25. The molecule has 32 heavy (non-hydrogen) atoms. The third kappa shape index (κ3) is 8.30. The predicted octanol–water partition coefficient (Wildman–Crippen LogP) is -10.7. The molecule has 4 N–H and O–H groups in total. The van der Waals surface area contributed by atoms with Crippen molar-refractivity contribution >= 4 is 16.4 Å². The SMILES string of the molecule is CCCO[C@@H]1O[C@@H](C)[C@@H](OS(=O)(=O)[O-])[C@@H](O)[C@@H]1O[C@H]1O[C@H](C(=O)[O-])[C@@H](O)[C@H](O)[C@H]1O.[Na+].[Na+]. The van der Waals surface area contributed by atoms with Crippen LogP contribution in [0.25, 0.3) is 0 Å². The molecule has 2 rings (SSSR count). The van der Waals surface area contributed by atoms with Gasteiger partial charge in [0.25, 0.3) is 0 Å². The molecule has 2 aliphatic rings. The molecule has 0 saturated carbocycles. The molecule has 2 saturated heterocycles. The first-order valence-corrected chi connectivity index (χ1v) is 10.4. The Labute approximate surface area is 228 Å². The topological polar surface area (TPSA) is 224 Å².